The Hall–Kier alpha value is -1.43. The van der Waals surface area contributed by atoms with Gasteiger partial charge in [0.2, 0.25) is 5.91 Å². The third-order valence-corrected chi connectivity index (χ3v) is 4.12. The van der Waals surface area contributed by atoms with E-state index in [2.05, 4.69) is 28.2 Å². The summed E-state index contributed by atoms with van der Waals surface area (Å²) >= 11 is 3.31. The molecule has 1 atom stereocenters. The first-order valence-electron chi connectivity index (χ1n) is 6.37. The number of aliphatic hydroxyl groups excluding tert-OH is 1. The Balaban J connectivity index is 2.05. The quantitative estimate of drug-likeness (QED) is 0.861. The van der Waals surface area contributed by atoms with Gasteiger partial charge < -0.3 is 10.4 Å². The molecule has 0 aliphatic heterocycles. The molecule has 0 aliphatic rings. The van der Waals surface area contributed by atoms with Crippen molar-refractivity contribution < 1.29 is 9.90 Å². The van der Waals surface area contributed by atoms with Gasteiger partial charge in [-0.1, -0.05) is 6.08 Å². The molecule has 3 nitrogen and oxygen atoms in total. The number of thiophene rings is 2. The first-order valence-corrected chi connectivity index (χ1v) is 8.25. The number of nitrogens with one attached hydrogen (secondary N) is 1. The van der Waals surface area contributed by atoms with Gasteiger partial charge in [0.25, 0.3) is 0 Å². The molecule has 2 heterocycles. The Kier molecular flexibility index (Phi) is 5.52. The molecule has 0 bridgehead atoms. The molecule has 0 aliphatic carbocycles. The van der Waals surface area contributed by atoms with Gasteiger partial charge >= 0.3 is 0 Å². The minimum Gasteiger partial charge on any atom is -0.393 e. The Bertz CT molecular complexity index is 520. The average Bonchev–Trinajstić information content (AvgIpc) is 3.07. The molecule has 0 fully saturated rings. The normalized spacial score (nSPS) is 11.9. The largest absolute Gasteiger partial charge is 0.393 e. The van der Waals surface area contributed by atoms with Crippen molar-refractivity contribution in [1.29, 1.82) is 0 Å². The fourth-order valence-electron chi connectivity index (χ4n) is 1.85. The predicted molar refractivity (Wildman–Crippen MR) is 85.0 cm³/mol. The van der Waals surface area contributed by atoms with Crippen molar-refractivity contribution in [3.8, 4) is 0 Å². The highest BCUT2D eigenvalue weighted by molar-refractivity contribution is 7.08. The van der Waals surface area contributed by atoms with Gasteiger partial charge in [-0.25, -0.2) is 0 Å². The van der Waals surface area contributed by atoms with Gasteiger partial charge in [-0.2, -0.15) is 22.7 Å². The summed E-state index contributed by atoms with van der Waals surface area (Å²) in [6, 6.07) is 4.15. The lowest BCUT2D eigenvalue weighted by molar-refractivity contribution is -0.122. The third-order valence-electron chi connectivity index (χ3n) is 2.75. The number of hydrogen-bond acceptors (Lipinski definition) is 4. The lowest BCUT2D eigenvalue weighted by Crippen LogP contribution is -2.26. The van der Waals surface area contributed by atoms with E-state index in [1.165, 1.54) is 0 Å². The van der Waals surface area contributed by atoms with Crippen LogP contribution in [0.1, 0.15) is 24.5 Å². The van der Waals surface area contributed by atoms with Crippen LogP contribution in [0.5, 0.6) is 0 Å². The van der Waals surface area contributed by atoms with Gasteiger partial charge in [0.1, 0.15) is 0 Å². The zero-order valence-corrected chi connectivity index (χ0v) is 12.8. The van der Waals surface area contributed by atoms with Crippen LogP contribution in [0.15, 0.2) is 39.7 Å². The summed E-state index contributed by atoms with van der Waals surface area (Å²) in [6.45, 7) is 2.07. The van der Waals surface area contributed by atoms with Crippen molar-refractivity contribution in [3.63, 3.8) is 0 Å². The van der Waals surface area contributed by atoms with Gasteiger partial charge in [0.05, 0.1) is 12.5 Å². The molecule has 5 heteroatoms. The van der Waals surface area contributed by atoms with E-state index in [1.54, 1.807) is 29.6 Å². The van der Waals surface area contributed by atoms with Crippen molar-refractivity contribution >= 4 is 34.2 Å². The van der Waals surface area contributed by atoms with Gasteiger partial charge in [0, 0.05) is 6.54 Å². The van der Waals surface area contributed by atoms with E-state index in [9.17, 15) is 4.79 Å². The fourth-order valence-corrected chi connectivity index (χ4v) is 3.16. The van der Waals surface area contributed by atoms with Gasteiger partial charge in [0.15, 0.2) is 0 Å². The zero-order chi connectivity index (χ0) is 14.4. The summed E-state index contributed by atoms with van der Waals surface area (Å²) in [6.07, 6.45) is 1.55. The maximum Gasteiger partial charge on any atom is 0.222 e. The van der Waals surface area contributed by atoms with Gasteiger partial charge in [-0.3, -0.25) is 4.79 Å². The fraction of sp³-hybridized carbons (Fsp3) is 0.267. The summed E-state index contributed by atoms with van der Waals surface area (Å²) in [5.41, 5.74) is 3.46. The van der Waals surface area contributed by atoms with Crippen molar-refractivity contribution in [2.75, 3.05) is 6.54 Å². The molecule has 0 saturated heterocycles. The molecule has 0 aromatic carbocycles. The number of carbonyl (C=O) groups is 1. The van der Waals surface area contributed by atoms with Crippen LogP contribution >= 0.6 is 22.7 Å². The predicted octanol–water partition coefficient (Wildman–Crippen LogP) is 3.13. The number of carbonyl (C=O) groups excluding carboxylic acids is 1. The highest BCUT2D eigenvalue weighted by Crippen LogP contribution is 2.26. The second kappa shape index (κ2) is 7.38. The molecule has 1 amide bonds. The summed E-state index contributed by atoms with van der Waals surface area (Å²) in [5.74, 6) is -0.133. The number of hydrogen-bond donors (Lipinski definition) is 2. The van der Waals surface area contributed by atoms with Crippen LogP contribution in [-0.2, 0) is 4.79 Å². The lowest BCUT2D eigenvalue weighted by atomic mass is 10.0. The summed E-state index contributed by atoms with van der Waals surface area (Å²) in [7, 11) is 0. The average molecular weight is 307 g/mol. The van der Waals surface area contributed by atoms with E-state index >= 15 is 0 Å². The number of amides is 1. The maximum absolute atomic E-state index is 11.5. The molecule has 0 saturated carbocycles. The van der Waals surface area contributed by atoms with Crippen molar-refractivity contribution in [1.82, 2.24) is 5.32 Å². The minimum atomic E-state index is -0.604. The van der Waals surface area contributed by atoms with Crippen LogP contribution in [0, 0.1) is 0 Å². The minimum absolute atomic E-state index is 0.133. The SMILES string of the molecule is CC(O)CC(=O)NCC=C(c1ccsc1)c1ccsc1. The second-order valence-electron chi connectivity index (χ2n) is 4.50. The molecule has 1 unspecified atom stereocenters. The van der Waals surface area contributed by atoms with E-state index in [0.29, 0.717) is 6.54 Å². The number of aliphatic hydroxyl groups is 1. The van der Waals surface area contributed by atoms with Crippen LogP contribution in [0.4, 0.5) is 0 Å². The highest BCUT2D eigenvalue weighted by Gasteiger charge is 2.07. The smallest absolute Gasteiger partial charge is 0.222 e. The van der Waals surface area contributed by atoms with Crippen molar-refractivity contribution in [3.05, 3.63) is 50.9 Å². The Labute approximate surface area is 126 Å². The molecular weight excluding hydrogens is 290 g/mol. The molecule has 106 valence electrons. The Morgan fingerprint density at radius 3 is 2.35 bits per heavy atom. The molecule has 20 heavy (non-hydrogen) atoms. The first kappa shape index (κ1) is 15.0. The summed E-state index contributed by atoms with van der Waals surface area (Å²) < 4.78 is 0. The molecule has 2 N–H and O–H groups in total. The highest BCUT2D eigenvalue weighted by atomic mass is 32.1. The summed E-state index contributed by atoms with van der Waals surface area (Å²) in [5, 5.41) is 20.2. The van der Waals surface area contributed by atoms with Gasteiger partial charge in [-0.15, -0.1) is 0 Å². The van der Waals surface area contributed by atoms with Crippen molar-refractivity contribution in [2.45, 2.75) is 19.4 Å². The van der Waals surface area contributed by atoms with E-state index in [1.807, 2.05) is 16.8 Å². The van der Waals surface area contributed by atoms with E-state index in [-0.39, 0.29) is 12.3 Å². The first-order chi connectivity index (χ1) is 9.66. The van der Waals surface area contributed by atoms with Crippen LogP contribution < -0.4 is 5.32 Å². The standard InChI is InChI=1S/C15H17NO2S2/c1-11(17)8-15(18)16-5-2-14(12-3-6-19-9-12)13-4-7-20-10-13/h2-4,6-7,9-11,17H,5,8H2,1H3,(H,16,18). The zero-order valence-electron chi connectivity index (χ0n) is 11.2. The van der Waals surface area contributed by atoms with Crippen LogP contribution in [0.2, 0.25) is 0 Å². The molecule has 2 rings (SSSR count). The van der Waals surface area contributed by atoms with E-state index < -0.39 is 6.10 Å². The molecular formula is C15H17NO2S2. The van der Waals surface area contributed by atoms with E-state index in [0.717, 1.165) is 16.7 Å². The van der Waals surface area contributed by atoms with E-state index in [4.69, 9.17) is 5.11 Å². The van der Waals surface area contributed by atoms with Crippen LogP contribution in [0.25, 0.3) is 5.57 Å². The topological polar surface area (TPSA) is 49.3 Å². The van der Waals surface area contributed by atoms with Crippen molar-refractivity contribution in [2.24, 2.45) is 0 Å². The molecule has 2 aromatic heterocycles. The maximum atomic E-state index is 11.5. The number of rotatable bonds is 6. The Morgan fingerprint density at radius 2 is 1.90 bits per heavy atom. The van der Waals surface area contributed by atoms with Gasteiger partial charge in [-0.05, 0) is 57.3 Å². The lowest BCUT2D eigenvalue weighted by Gasteiger charge is -2.07. The molecule has 2 aromatic rings. The second-order valence-corrected chi connectivity index (χ2v) is 6.06. The van der Waals surface area contributed by atoms with Crippen LogP contribution in [-0.4, -0.2) is 23.7 Å². The third kappa shape index (κ3) is 4.30. The molecule has 0 radical (unpaired) electrons. The monoisotopic (exact) mass is 307 g/mol. The molecule has 0 spiro atoms. The van der Waals surface area contributed by atoms with Crippen LogP contribution in [0.3, 0.4) is 0 Å². The Morgan fingerprint density at radius 1 is 1.30 bits per heavy atom. The summed E-state index contributed by atoms with van der Waals surface area (Å²) in [4.78, 5) is 11.5.